The van der Waals surface area contributed by atoms with Crippen LogP contribution in [0.5, 0.6) is 11.5 Å². The number of fused-ring (bicyclic) bond motifs is 1. The summed E-state index contributed by atoms with van der Waals surface area (Å²) in [5.41, 5.74) is 2.84. The maximum Gasteiger partial charge on any atom is 0.337 e. The standard InChI is InChI=1S/C16H15NO3/c18-16(19)13-8-15(10-17-9-13)20-14-6-5-11-3-1-2-4-12(11)7-14/h5-10H,1-4H2,(H,18,19). The number of benzene rings is 1. The molecule has 2 aromatic rings. The van der Waals surface area contributed by atoms with E-state index in [9.17, 15) is 4.79 Å². The SMILES string of the molecule is O=C(O)c1cncc(Oc2ccc3c(c2)CCCC3)c1. The van der Waals surface area contributed by atoms with Gasteiger partial charge in [-0.2, -0.15) is 0 Å². The van der Waals surface area contributed by atoms with Gasteiger partial charge < -0.3 is 9.84 Å². The zero-order valence-electron chi connectivity index (χ0n) is 11.0. The Hall–Kier alpha value is -2.36. The van der Waals surface area contributed by atoms with Crippen LogP contribution < -0.4 is 4.74 Å². The van der Waals surface area contributed by atoms with Crippen molar-refractivity contribution in [2.24, 2.45) is 0 Å². The topological polar surface area (TPSA) is 59.4 Å². The second kappa shape index (κ2) is 5.33. The van der Waals surface area contributed by atoms with Crippen LogP contribution in [0.15, 0.2) is 36.7 Å². The van der Waals surface area contributed by atoms with E-state index in [0.717, 1.165) is 18.6 Å². The highest BCUT2D eigenvalue weighted by Gasteiger charge is 2.11. The molecule has 0 bridgehead atoms. The van der Waals surface area contributed by atoms with Gasteiger partial charge in [0.15, 0.2) is 0 Å². The number of aromatic nitrogens is 1. The predicted octanol–water partition coefficient (Wildman–Crippen LogP) is 3.45. The molecule has 0 atom stereocenters. The van der Waals surface area contributed by atoms with E-state index in [1.54, 1.807) is 0 Å². The Morgan fingerprint density at radius 2 is 1.85 bits per heavy atom. The van der Waals surface area contributed by atoms with Crippen LogP contribution in [0.25, 0.3) is 0 Å². The molecule has 0 saturated heterocycles. The lowest BCUT2D eigenvalue weighted by Gasteiger charge is -2.16. The fraction of sp³-hybridized carbons (Fsp3) is 0.250. The van der Waals surface area contributed by atoms with Crippen molar-refractivity contribution in [1.82, 2.24) is 4.98 Å². The van der Waals surface area contributed by atoms with Crippen LogP contribution in [0.4, 0.5) is 0 Å². The number of hydrogen-bond acceptors (Lipinski definition) is 3. The first kappa shape index (κ1) is 12.7. The minimum Gasteiger partial charge on any atom is -0.478 e. The second-order valence-electron chi connectivity index (χ2n) is 4.95. The Balaban J connectivity index is 1.84. The molecule has 0 saturated carbocycles. The molecule has 1 aliphatic carbocycles. The van der Waals surface area contributed by atoms with E-state index in [0.29, 0.717) is 5.75 Å². The molecule has 1 aliphatic rings. The van der Waals surface area contributed by atoms with Crippen LogP contribution in [0.2, 0.25) is 0 Å². The first-order valence-electron chi connectivity index (χ1n) is 6.70. The van der Waals surface area contributed by atoms with E-state index in [2.05, 4.69) is 11.1 Å². The van der Waals surface area contributed by atoms with Gasteiger partial charge in [0.1, 0.15) is 11.5 Å². The number of aryl methyl sites for hydroxylation is 2. The molecule has 1 aromatic heterocycles. The number of pyridine rings is 1. The number of aromatic carboxylic acids is 1. The lowest BCUT2D eigenvalue weighted by Crippen LogP contribution is -2.02. The van der Waals surface area contributed by atoms with Gasteiger partial charge in [0.25, 0.3) is 0 Å². The summed E-state index contributed by atoms with van der Waals surface area (Å²) in [6.07, 6.45) is 7.50. The molecule has 0 fully saturated rings. The molecule has 3 rings (SSSR count). The lowest BCUT2D eigenvalue weighted by atomic mass is 9.92. The summed E-state index contributed by atoms with van der Waals surface area (Å²) in [7, 11) is 0. The largest absolute Gasteiger partial charge is 0.478 e. The van der Waals surface area contributed by atoms with Gasteiger partial charge in [0, 0.05) is 6.20 Å². The number of nitrogens with zero attached hydrogens (tertiary/aromatic N) is 1. The number of rotatable bonds is 3. The van der Waals surface area contributed by atoms with Crippen LogP contribution >= 0.6 is 0 Å². The summed E-state index contributed by atoms with van der Waals surface area (Å²) in [4.78, 5) is 14.8. The third-order valence-electron chi connectivity index (χ3n) is 3.52. The molecule has 4 heteroatoms. The average molecular weight is 269 g/mol. The summed E-state index contributed by atoms with van der Waals surface area (Å²) < 4.78 is 5.71. The van der Waals surface area contributed by atoms with Crippen molar-refractivity contribution in [2.75, 3.05) is 0 Å². The Kier molecular flexibility index (Phi) is 3.37. The van der Waals surface area contributed by atoms with Crippen molar-refractivity contribution in [3.05, 3.63) is 53.3 Å². The van der Waals surface area contributed by atoms with E-state index < -0.39 is 5.97 Å². The normalized spacial score (nSPS) is 13.6. The first-order chi connectivity index (χ1) is 9.72. The molecule has 0 radical (unpaired) electrons. The average Bonchev–Trinajstić information content (AvgIpc) is 2.47. The Labute approximate surface area is 117 Å². The molecule has 0 amide bonds. The third kappa shape index (κ3) is 2.64. The molecule has 1 heterocycles. The van der Waals surface area contributed by atoms with E-state index in [-0.39, 0.29) is 5.56 Å². The fourth-order valence-electron chi connectivity index (χ4n) is 2.50. The van der Waals surface area contributed by atoms with Gasteiger partial charge in [-0.25, -0.2) is 4.79 Å². The highest BCUT2D eigenvalue weighted by Crippen LogP contribution is 2.28. The number of carboxylic acids is 1. The second-order valence-corrected chi connectivity index (χ2v) is 4.95. The summed E-state index contributed by atoms with van der Waals surface area (Å²) in [6, 6.07) is 7.55. The smallest absolute Gasteiger partial charge is 0.337 e. The van der Waals surface area contributed by atoms with Gasteiger partial charge in [-0.1, -0.05) is 6.07 Å². The first-order valence-corrected chi connectivity index (χ1v) is 6.70. The Bertz CT molecular complexity index is 652. The third-order valence-corrected chi connectivity index (χ3v) is 3.52. The van der Waals surface area contributed by atoms with Gasteiger partial charge in [-0.3, -0.25) is 4.98 Å². The van der Waals surface area contributed by atoms with Crippen molar-refractivity contribution in [1.29, 1.82) is 0 Å². The number of carboxylic acid groups (broad SMARTS) is 1. The van der Waals surface area contributed by atoms with Gasteiger partial charge in [-0.15, -0.1) is 0 Å². The van der Waals surface area contributed by atoms with E-state index in [1.165, 1.54) is 42.4 Å². The van der Waals surface area contributed by atoms with Crippen molar-refractivity contribution < 1.29 is 14.6 Å². The highest BCUT2D eigenvalue weighted by atomic mass is 16.5. The van der Waals surface area contributed by atoms with Crippen LogP contribution in [-0.2, 0) is 12.8 Å². The molecule has 1 aromatic carbocycles. The molecule has 0 spiro atoms. The maximum atomic E-state index is 10.9. The fourth-order valence-corrected chi connectivity index (χ4v) is 2.50. The molecule has 4 nitrogen and oxygen atoms in total. The lowest BCUT2D eigenvalue weighted by molar-refractivity contribution is 0.0696. The summed E-state index contributed by atoms with van der Waals surface area (Å²) >= 11 is 0. The summed E-state index contributed by atoms with van der Waals surface area (Å²) in [5, 5.41) is 8.94. The predicted molar refractivity (Wildman–Crippen MR) is 74.4 cm³/mol. The molecule has 0 aliphatic heterocycles. The van der Waals surface area contributed by atoms with Gasteiger partial charge in [-0.05, 0) is 55.0 Å². The summed E-state index contributed by atoms with van der Waals surface area (Å²) in [5.74, 6) is 0.170. The Morgan fingerprint density at radius 1 is 1.05 bits per heavy atom. The summed E-state index contributed by atoms with van der Waals surface area (Å²) in [6.45, 7) is 0. The van der Waals surface area contributed by atoms with Crippen LogP contribution in [0.1, 0.15) is 34.3 Å². The van der Waals surface area contributed by atoms with E-state index in [1.807, 2.05) is 12.1 Å². The van der Waals surface area contributed by atoms with Gasteiger partial charge >= 0.3 is 5.97 Å². The quantitative estimate of drug-likeness (QED) is 0.927. The van der Waals surface area contributed by atoms with Crippen LogP contribution in [0.3, 0.4) is 0 Å². The minimum atomic E-state index is -1.01. The van der Waals surface area contributed by atoms with Crippen LogP contribution in [-0.4, -0.2) is 16.1 Å². The maximum absolute atomic E-state index is 10.9. The number of hydrogen-bond donors (Lipinski definition) is 1. The molecule has 20 heavy (non-hydrogen) atoms. The highest BCUT2D eigenvalue weighted by molar-refractivity contribution is 5.87. The number of ether oxygens (including phenoxy) is 1. The van der Waals surface area contributed by atoms with E-state index in [4.69, 9.17) is 9.84 Å². The van der Waals surface area contributed by atoms with Crippen LogP contribution in [0, 0.1) is 0 Å². The zero-order chi connectivity index (χ0) is 13.9. The molecular formula is C16H15NO3. The monoisotopic (exact) mass is 269 g/mol. The van der Waals surface area contributed by atoms with Crippen molar-refractivity contribution in [3.8, 4) is 11.5 Å². The van der Waals surface area contributed by atoms with E-state index >= 15 is 0 Å². The molecule has 1 N–H and O–H groups in total. The minimum absolute atomic E-state index is 0.125. The molecule has 102 valence electrons. The van der Waals surface area contributed by atoms with Crippen molar-refractivity contribution in [3.63, 3.8) is 0 Å². The van der Waals surface area contributed by atoms with Gasteiger partial charge in [0.2, 0.25) is 0 Å². The van der Waals surface area contributed by atoms with Crippen molar-refractivity contribution >= 4 is 5.97 Å². The van der Waals surface area contributed by atoms with Crippen molar-refractivity contribution in [2.45, 2.75) is 25.7 Å². The van der Waals surface area contributed by atoms with Gasteiger partial charge in [0.05, 0.1) is 11.8 Å². The number of carbonyl (C=O) groups is 1. The Morgan fingerprint density at radius 3 is 2.65 bits per heavy atom. The molecular weight excluding hydrogens is 254 g/mol. The molecule has 0 unspecified atom stereocenters. The zero-order valence-corrected chi connectivity index (χ0v) is 11.0.